The quantitative estimate of drug-likeness (QED) is 0.839. The Bertz CT molecular complexity index is 413. The summed E-state index contributed by atoms with van der Waals surface area (Å²) in [5.41, 5.74) is 0.217. The molecule has 0 amide bonds. The van der Waals surface area contributed by atoms with Crippen molar-refractivity contribution >= 4 is 22.4 Å². The van der Waals surface area contributed by atoms with Crippen molar-refractivity contribution in [1.29, 1.82) is 0 Å². The summed E-state index contributed by atoms with van der Waals surface area (Å²) in [6.45, 7) is 0.826. The van der Waals surface area contributed by atoms with Gasteiger partial charge in [-0.1, -0.05) is 11.3 Å². The Morgan fingerprint density at radius 2 is 2.35 bits per heavy atom. The van der Waals surface area contributed by atoms with Crippen LogP contribution in [0.4, 0.5) is 5.13 Å². The van der Waals surface area contributed by atoms with E-state index in [0.29, 0.717) is 5.13 Å². The fraction of sp³-hybridized carbons (Fsp3) is 0.636. The van der Waals surface area contributed by atoms with Crippen LogP contribution in [0, 0.1) is 0 Å². The van der Waals surface area contributed by atoms with Gasteiger partial charge in [0.15, 0.2) is 5.13 Å². The van der Waals surface area contributed by atoms with Gasteiger partial charge in [0, 0.05) is 12.1 Å². The number of carboxylic acid groups (broad SMARTS) is 1. The number of hydrogen-bond acceptors (Lipinski definition) is 5. The summed E-state index contributed by atoms with van der Waals surface area (Å²) in [6.07, 6.45) is 5.03. The predicted molar refractivity (Wildman–Crippen MR) is 67.8 cm³/mol. The zero-order valence-electron chi connectivity index (χ0n) is 10.1. The van der Waals surface area contributed by atoms with E-state index in [-0.39, 0.29) is 10.4 Å². The van der Waals surface area contributed by atoms with Crippen LogP contribution in [-0.2, 0) is 0 Å². The largest absolute Gasteiger partial charge is 0.477 e. The first kappa shape index (κ1) is 12.3. The van der Waals surface area contributed by atoms with E-state index in [4.69, 9.17) is 5.11 Å². The van der Waals surface area contributed by atoms with Gasteiger partial charge in [-0.05, 0) is 33.4 Å². The van der Waals surface area contributed by atoms with Gasteiger partial charge >= 0.3 is 5.97 Å². The van der Waals surface area contributed by atoms with E-state index >= 15 is 0 Å². The number of carbonyl (C=O) groups is 1. The first-order chi connectivity index (χ1) is 8.03. The zero-order chi connectivity index (χ0) is 12.5. The monoisotopic (exact) mass is 255 g/mol. The summed E-state index contributed by atoms with van der Waals surface area (Å²) in [5, 5.41) is 12.7. The summed E-state index contributed by atoms with van der Waals surface area (Å²) in [4.78, 5) is 17.3. The van der Waals surface area contributed by atoms with Crippen molar-refractivity contribution in [2.45, 2.75) is 24.8 Å². The number of nitrogens with zero attached hydrogens (tertiary/aromatic N) is 2. The molecule has 94 valence electrons. The normalized spacial score (nSPS) is 17.8. The average molecular weight is 255 g/mol. The molecule has 1 fully saturated rings. The standard InChI is InChI=1S/C11H17N3O2S/c1-14(2)11(4-3-5-11)7-13-10-12-6-8(17-10)9(15)16/h6H,3-5,7H2,1-2H3,(H,12,13)(H,15,16). The molecule has 0 bridgehead atoms. The Hall–Kier alpha value is -1.14. The molecule has 1 aliphatic rings. The summed E-state index contributed by atoms with van der Waals surface area (Å²) in [6, 6.07) is 0. The molecule has 1 heterocycles. The summed E-state index contributed by atoms with van der Waals surface area (Å²) in [7, 11) is 4.18. The molecular formula is C11H17N3O2S. The number of likely N-dealkylation sites (N-methyl/N-ethyl adjacent to an activating group) is 1. The third kappa shape index (κ3) is 2.42. The van der Waals surface area contributed by atoms with Crippen molar-refractivity contribution in [3.05, 3.63) is 11.1 Å². The lowest BCUT2D eigenvalue weighted by molar-refractivity contribution is 0.0702. The molecule has 0 aromatic carbocycles. The summed E-state index contributed by atoms with van der Waals surface area (Å²) in [5.74, 6) is -0.915. The molecule has 5 nitrogen and oxygen atoms in total. The Kier molecular flexibility index (Phi) is 3.35. The SMILES string of the molecule is CN(C)C1(CNc2ncc(C(=O)O)s2)CCC1. The van der Waals surface area contributed by atoms with Crippen LogP contribution in [0.1, 0.15) is 28.9 Å². The number of anilines is 1. The van der Waals surface area contributed by atoms with Crippen LogP contribution >= 0.6 is 11.3 Å². The van der Waals surface area contributed by atoms with E-state index < -0.39 is 5.97 Å². The zero-order valence-corrected chi connectivity index (χ0v) is 10.9. The van der Waals surface area contributed by atoms with Crippen molar-refractivity contribution in [1.82, 2.24) is 9.88 Å². The number of nitrogens with one attached hydrogen (secondary N) is 1. The van der Waals surface area contributed by atoms with Gasteiger partial charge in [-0.3, -0.25) is 0 Å². The molecule has 0 spiro atoms. The summed E-state index contributed by atoms with van der Waals surface area (Å²) >= 11 is 1.19. The van der Waals surface area contributed by atoms with Gasteiger partial charge < -0.3 is 15.3 Å². The van der Waals surface area contributed by atoms with Gasteiger partial charge in [-0.2, -0.15) is 0 Å². The molecule has 0 atom stereocenters. The lowest BCUT2D eigenvalue weighted by atomic mass is 9.75. The minimum absolute atomic E-state index is 0.217. The van der Waals surface area contributed by atoms with E-state index in [9.17, 15) is 4.79 Å². The van der Waals surface area contributed by atoms with Crippen molar-refractivity contribution < 1.29 is 9.90 Å². The maximum absolute atomic E-state index is 10.7. The molecule has 0 aliphatic heterocycles. The predicted octanol–water partition coefficient (Wildman–Crippen LogP) is 1.74. The average Bonchev–Trinajstić information content (AvgIpc) is 2.64. The number of aromatic carboxylic acids is 1. The van der Waals surface area contributed by atoms with Crippen molar-refractivity contribution in [2.24, 2.45) is 0 Å². The Balaban J connectivity index is 1.95. The van der Waals surface area contributed by atoms with Crippen molar-refractivity contribution in [3.8, 4) is 0 Å². The maximum Gasteiger partial charge on any atom is 0.347 e. The molecule has 17 heavy (non-hydrogen) atoms. The molecule has 1 aromatic rings. The van der Waals surface area contributed by atoms with E-state index in [1.54, 1.807) is 0 Å². The topological polar surface area (TPSA) is 65.5 Å². The smallest absolute Gasteiger partial charge is 0.347 e. The van der Waals surface area contributed by atoms with Crippen LogP contribution in [0.5, 0.6) is 0 Å². The van der Waals surface area contributed by atoms with E-state index in [2.05, 4.69) is 29.3 Å². The van der Waals surface area contributed by atoms with Gasteiger partial charge in [0.05, 0.1) is 6.20 Å². The fourth-order valence-electron chi connectivity index (χ4n) is 2.06. The van der Waals surface area contributed by atoms with Gasteiger partial charge in [0.1, 0.15) is 4.88 Å². The van der Waals surface area contributed by atoms with E-state index in [0.717, 1.165) is 6.54 Å². The summed E-state index contributed by atoms with van der Waals surface area (Å²) < 4.78 is 0. The first-order valence-corrected chi connectivity index (χ1v) is 6.46. The second-order valence-electron chi connectivity index (χ2n) is 4.66. The Morgan fingerprint density at radius 1 is 1.65 bits per heavy atom. The van der Waals surface area contributed by atoms with Gasteiger partial charge in [-0.25, -0.2) is 9.78 Å². The first-order valence-electron chi connectivity index (χ1n) is 5.64. The van der Waals surface area contributed by atoms with Crippen LogP contribution in [0.25, 0.3) is 0 Å². The molecule has 1 aromatic heterocycles. The van der Waals surface area contributed by atoms with Gasteiger partial charge in [0.2, 0.25) is 0 Å². The maximum atomic E-state index is 10.7. The van der Waals surface area contributed by atoms with Crippen molar-refractivity contribution in [3.63, 3.8) is 0 Å². The molecule has 0 saturated heterocycles. The van der Waals surface area contributed by atoms with E-state index in [1.165, 1.54) is 36.8 Å². The molecule has 2 N–H and O–H groups in total. The van der Waals surface area contributed by atoms with Gasteiger partial charge in [-0.15, -0.1) is 0 Å². The fourth-order valence-corrected chi connectivity index (χ4v) is 2.71. The van der Waals surface area contributed by atoms with Crippen LogP contribution in [0.2, 0.25) is 0 Å². The number of aromatic nitrogens is 1. The van der Waals surface area contributed by atoms with Crippen LogP contribution in [0.15, 0.2) is 6.20 Å². The molecule has 6 heteroatoms. The lowest BCUT2D eigenvalue weighted by Crippen LogP contribution is -2.54. The van der Waals surface area contributed by atoms with E-state index in [1.807, 2.05) is 0 Å². The Labute approximate surface area is 104 Å². The molecule has 2 rings (SSSR count). The number of hydrogen-bond donors (Lipinski definition) is 2. The highest BCUT2D eigenvalue weighted by Gasteiger charge is 2.38. The minimum atomic E-state index is -0.915. The van der Waals surface area contributed by atoms with Crippen LogP contribution < -0.4 is 5.32 Å². The number of carboxylic acids is 1. The number of thiazole rings is 1. The van der Waals surface area contributed by atoms with Crippen molar-refractivity contribution in [2.75, 3.05) is 26.0 Å². The molecule has 0 radical (unpaired) electrons. The number of rotatable bonds is 5. The second kappa shape index (κ2) is 4.62. The Morgan fingerprint density at radius 3 is 2.76 bits per heavy atom. The molecule has 1 aliphatic carbocycles. The van der Waals surface area contributed by atoms with Crippen LogP contribution in [0.3, 0.4) is 0 Å². The third-order valence-electron chi connectivity index (χ3n) is 3.52. The molecule has 1 saturated carbocycles. The highest BCUT2D eigenvalue weighted by molar-refractivity contribution is 7.17. The highest BCUT2D eigenvalue weighted by Crippen LogP contribution is 2.36. The highest BCUT2D eigenvalue weighted by atomic mass is 32.1. The molecular weight excluding hydrogens is 238 g/mol. The second-order valence-corrected chi connectivity index (χ2v) is 5.69. The molecule has 0 unspecified atom stereocenters. The van der Waals surface area contributed by atoms with Gasteiger partial charge in [0.25, 0.3) is 0 Å². The lowest BCUT2D eigenvalue weighted by Gasteiger charge is -2.47. The van der Waals surface area contributed by atoms with Crippen LogP contribution in [-0.4, -0.2) is 47.1 Å². The minimum Gasteiger partial charge on any atom is -0.477 e. The third-order valence-corrected chi connectivity index (χ3v) is 4.46.